The molecule has 2 rings (SSSR count). The number of carbonyl (C=O) groups is 2. The summed E-state index contributed by atoms with van der Waals surface area (Å²) in [6.45, 7) is 0. The summed E-state index contributed by atoms with van der Waals surface area (Å²) in [5.74, 6) is 0.360. The second-order valence-corrected chi connectivity index (χ2v) is 4.84. The largest absolute Gasteiger partial charge is 0.496 e. The molecule has 0 atom stereocenters. The second-order valence-electron chi connectivity index (χ2n) is 4.84. The van der Waals surface area contributed by atoms with Gasteiger partial charge in [0.1, 0.15) is 11.5 Å². The van der Waals surface area contributed by atoms with Crippen LogP contribution in [0.2, 0.25) is 0 Å². The van der Waals surface area contributed by atoms with Gasteiger partial charge < -0.3 is 20.5 Å². The Balaban J connectivity index is 2.12. The molecule has 0 aliphatic heterocycles. The van der Waals surface area contributed by atoms with Crippen molar-refractivity contribution < 1.29 is 19.1 Å². The van der Waals surface area contributed by atoms with Gasteiger partial charge in [0.15, 0.2) is 0 Å². The molecular weight excluding hydrogens is 308 g/mol. The Morgan fingerprint density at radius 3 is 2.08 bits per heavy atom. The fourth-order valence-corrected chi connectivity index (χ4v) is 2.10. The van der Waals surface area contributed by atoms with Crippen LogP contribution in [0.5, 0.6) is 11.5 Å². The molecule has 0 bridgehead atoms. The fourth-order valence-electron chi connectivity index (χ4n) is 2.10. The highest BCUT2D eigenvalue weighted by molar-refractivity contribution is 6.02. The number of benzene rings is 2. The number of carbonyl (C=O) groups excluding carboxylic acids is 2. The van der Waals surface area contributed by atoms with Gasteiger partial charge in [0, 0.05) is 17.3 Å². The summed E-state index contributed by atoms with van der Waals surface area (Å²) < 4.78 is 10.5. The van der Waals surface area contributed by atoms with E-state index in [0.717, 1.165) is 0 Å². The van der Waals surface area contributed by atoms with Gasteiger partial charge in [-0.1, -0.05) is 6.07 Å². The minimum atomic E-state index is -0.518. The highest BCUT2D eigenvalue weighted by Crippen LogP contribution is 2.29. The van der Waals surface area contributed by atoms with Crippen LogP contribution in [0.1, 0.15) is 15.9 Å². The van der Waals surface area contributed by atoms with E-state index in [1.165, 1.54) is 6.08 Å². The third-order valence-electron chi connectivity index (χ3n) is 3.30. The Morgan fingerprint density at radius 1 is 1.00 bits per heavy atom. The molecule has 6 nitrogen and oxygen atoms in total. The van der Waals surface area contributed by atoms with Crippen molar-refractivity contribution in [3.63, 3.8) is 0 Å². The van der Waals surface area contributed by atoms with Gasteiger partial charge >= 0.3 is 0 Å². The topological polar surface area (TPSA) is 90.7 Å². The average Bonchev–Trinajstić information content (AvgIpc) is 2.59. The van der Waals surface area contributed by atoms with Crippen LogP contribution in [0.15, 0.2) is 48.5 Å². The number of nitrogens with two attached hydrogens (primary N) is 1. The highest BCUT2D eigenvalue weighted by atomic mass is 16.5. The van der Waals surface area contributed by atoms with Crippen molar-refractivity contribution in [2.75, 3.05) is 19.5 Å². The van der Waals surface area contributed by atoms with Crippen LogP contribution in [0.4, 0.5) is 5.69 Å². The fraction of sp³-hybridized carbons (Fsp3) is 0.111. The smallest absolute Gasteiger partial charge is 0.248 e. The number of methoxy groups -OCH3 is 2. The predicted molar refractivity (Wildman–Crippen MR) is 92.2 cm³/mol. The van der Waals surface area contributed by atoms with E-state index in [-0.39, 0.29) is 5.91 Å². The third kappa shape index (κ3) is 4.13. The summed E-state index contributed by atoms with van der Waals surface area (Å²) in [7, 11) is 3.10. The number of primary amides is 1. The minimum Gasteiger partial charge on any atom is -0.496 e. The van der Waals surface area contributed by atoms with Crippen molar-refractivity contribution in [3.8, 4) is 11.5 Å². The zero-order chi connectivity index (χ0) is 17.5. The van der Waals surface area contributed by atoms with Gasteiger partial charge in [0.25, 0.3) is 0 Å². The first-order valence-electron chi connectivity index (χ1n) is 7.15. The zero-order valence-corrected chi connectivity index (χ0v) is 13.4. The Morgan fingerprint density at radius 2 is 1.58 bits per heavy atom. The molecule has 0 heterocycles. The molecule has 24 heavy (non-hydrogen) atoms. The van der Waals surface area contributed by atoms with E-state index in [1.54, 1.807) is 62.8 Å². The predicted octanol–water partition coefficient (Wildman–Crippen LogP) is 2.45. The zero-order valence-electron chi connectivity index (χ0n) is 13.4. The average molecular weight is 326 g/mol. The van der Waals surface area contributed by atoms with E-state index in [1.807, 2.05) is 0 Å². The van der Waals surface area contributed by atoms with Crippen LogP contribution < -0.4 is 20.5 Å². The molecule has 0 unspecified atom stereocenters. The molecular formula is C18H18N2O4. The number of anilines is 1. The molecule has 2 aromatic rings. The van der Waals surface area contributed by atoms with Crippen LogP contribution in [0.25, 0.3) is 6.08 Å². The van der Waals surface area contributed by atoms with Gasteiger partial charge in [-0.15, -0.1) is 0 Å². The van der Waals surface area contributed by atoms with Crippen LogP contribution >= 0.6 is 0 Å². The van der Waals surface area contributed by atoms with Crippen molar-refractivity contribution in [1.29, 1.82) is 0 Å². The molecule has 2 amide bonds. The second kappa shape index (κ2) is 7.82. The van der Waals surface area contributed by atoms with Crippen molar-refractivity contribution in [2.24, 2.45) is 5.73 Å². The minimum absolute atomic E-state index is 0.324. The molecule has 0 aliphatic rings. The number of amides is 2. The molecule has 124 valence electrons. The maximum absolute atomic E-state index is 12.0. The molecule has 0 aromatic heterocycles. The number of nitrogens with one attached hydrogen (secondary N) is 1. The van der Waals surface area contributed by atoms with Gasteiger partial charge in [-0.05, 0) is 42.5 Å². The summed E-state index contributed by atoms with van der Waals surface area (Å²) in [4.78, 5) is 23.0. The monoisotopic (exact) mass is 326 g/mol. The van der Waals surface area contributed by atoms with Crippen molar-refractivity contribution in [2.45, 2.75) is 0 Å². The summed E-state index contributed by atoms with van der Waals surface area (Å²) in [6, 6.07) is 11.7. The summed E-state index contributed by atoms with van der Waals surface area (Å²) >= 11 is 0. The Labute approximate surface area is 139 Å². The quantitative estimate of drug-likeness (QED) is 0.798. The van der Waals surface area contributed by atoms with E-state index < -0.39 is 5.91 Å². The van der Waals surface area contributed by atoms with Crippen molar-refractivity contribution in [3.05, 3.63) is 59.7 Å². The van der Waals surface area contributed by atoms with E-state index in [4.69, 9.17) is 15.2 Å². The van der Waals surface area contributed by atoms with Crippen molar-refractivity contribution >= 4 is 23.6 Å². The third-order valence-corrected chi connectivity index (χ3v) is 3.30. The number of hydrogen-bond donors (Lipinski definition) is 2. The standard InChI is InChI=1S/C18H18N2O4/c1-23-15-4-3-5-16(24-2)14(15)10-11-17(21)20-13-8-6-12(7-9-13)18(19)22/h3-11H,1-2H3,(H2,19,22)(H,20,21)/b11-10+. The lowest BCUT2D eigenvalue weighted by Gasteiger charge is -2.09. The van der Waals surface area contributed by atoms with Gasteiger partial charge in [0.2, 0.25) is 11.8 Å². The molecule has 3 N–H and O–H groups in total. The van der Waals surface area contributed by atoms with Crippen LogP contribution in [-0.2, 0) is 4.79 Å². The van der Waals surface area contributed by atoms with Crippen molar-refractivity contribution in [1.82, 2.24) is 0 Å². The van der Waals surface area contributed by atoms with Crippen LogP contribution in [-0.4, -0.2) is 26.0 Å². The van der Waals surface area contributed by atoms with E-state index in [2.05, 4.69) is 5.32 Å². The lowest BCUT2D eigenvalue weighted by Crippen LogP contribution is -2.11. The Bertz CT molecular complexity index is 745. The number of hydrogen-bond acceptors (Lipinski definition) is 4. The molecule has 0 aliphatic carbocycles. The van der Waals surface area contributed by atoms with Crippen LogP contribution in [0.3, 0.4) is 0 Å². The number of rotatable bonds is 6. The number of ether oxygens (including phenoxy) is 2. The normalized spacial score (nSPS) is 10.4. The first-order chi connectivity index (χ1) is 11.5. The molecule has 2 aromatic carbocycles. The molecule has 0 fully saturated rings. The van der Waals surface area contributed by atoms with Gasteiger partial charge in [-0.2, -0.15) is 0 Å². The van der Waals surface area contributed by atoms with Gasteiger partial charge in [-0.3, -0.25) is 9.59 Å². The lowest BCUT2D eigenvalue weighted by molar-refractivity contribution is -0.111. The SMILES string of the molecule is COc1cccc(OC)c1/C=C/C(=O)Nc1ccc(C(N)=O)cc1. The lowest BCUT2D eigenvalue weighted by atomic mass is 10.1. The van der Waals surface area contributed by atoms with Crippen LogP contribution in [0, 0.1) is 0 Å². The molecule has 6 heteroatoms. The van der Waals surface area contributed by atoms with Gasteiger partial charge in [0.05, 0.1) is 19.8 Å². The summed E-state index contributed by atoms with van der Waals surface area (Å²) in [5.41, 5.74) is 6.77. The van der Waals surface area contributed by atoms with E-state index >= 15 is 0 Å². The molecule has 0 saturated heterocycles. The molecule has 0 spiro atoms. The Hall–Kier alpha value is -3.28. The Kier molecular flexibility index (Phi) is 5.57. The first-order valence-corrected chi connectivity index (χ1v) is 7.15. The summed E-state index contributed by atoms with van der Waals surface area (Å²) in [5, 5.41) is 2.69. The van der Waals surface area contributed by atoms with E-state index in [0.29, 0.717) is 28.3 Å². The first kappa shape index (κ1) is 17.1. The highest BCUT2D eigenvalue weighted by Gasteiger charge is 2.07. The van der Waals surface area contributed by atoms with Gasteiger partial charge in [-0.25, -0.2) is 0 Å². The summed E-state index contributed by atoms with van der Waals surface area (Å²) in [6.07, 6.45) is 2.99. The van der Waals surface area contributed by atoms with E-state index in [9.17, 15) is 9.59 Å². The maximum atomic E-state index is 12.0. The maximum Gasteiger partial charge on any atom is 0.248 e. The molecule has 0 radical (unpaired) electrons. The molecule has 0 saturated carbocycles.